The van der Waals surface area contributed by atoms with Crippen LogP contribution in [0.2, 0.25) is 5.28 Å². The maximum atomic E-state index is 5.96. The molecule has 1 saturated heterocycles. The van der Waals surface area contributed by atoms with Crippen LogP contribution in [0.1, 0.15) is 26.2 Å². The van der Waals surface area contributed by atoms with Crippen molar-refractivity contribution in [2.24, 2.45) is 0 Å². The molecule has 0 spiro atoms. The first-order valence-electron chi connectivity index (χ1n) is 7.28. The van der Waals surface area contributed by atoms with E-state index in [-0.39, 0.29) is 5.28 Å². The van der Waals surface area contributed by atoms with E-state index < -0.39 is 0 Å². The Bertz CT molecular complexity index is 421. The van der Waals surface area contributed by atoms with Gasteiger partial charge in [-0.3, -0.25) is 0 Å². The molecule has 0 saturated carbocycles. The van der Waals surface area contributed by atoms with Crippen LogP contribution < -0.4 is 10.2 Å². The third kappa shape index (κ3) is 4.45. The number of hydrogen-bond donors (Lipinski definition) is 1. The lowest BCUT2D eigenvalue weighted by atomic mass is 10.4. The first kappa shape index (κ1) is 15.3. The van der Waals surface area contributed by atoms with Gasteiger partial charge in [0.15, 0.2) is 0 Å². The van der Waals surface area contributed by atoms with E-state index in [4.69, 9.17) is 11.6 Å². The molecule has 1 aromatic heterocycles. The predicted octanol–water partition coefficient (Wildman–Crippen LogP) is 1.88. The van der Waals surface area contributed by atoms with E-state index in [0.29, 0.717) is 11.9 Å². The number of likely N-dealkylation sites (tertiary alicyclic amines) is 1. The van der Waals surface area contributed by atoms with Crippen LogP contribution in [-0.2, 0) is 0 Å². The quantitative estimate of drug-likeness (QED) is 0.829. The molecule has 0 bridgehead atoms. The molecule has 7 heteroatoms. The van der Waals surface area contributed by atoms with Gasteiger partial charge >= 0.3 is 0 Å². The summed E-state index contributed by atoms with van der Waals surface area (Å²) in [7, 11) is 1.99. The molecule has 2 heterocycles. The molecule has 1 aliphatic heterocycles. The van der Waals surface area contributed by atoms with Gasteiger partial charge in [0.1, 0.15) is 0 Å². The third-order valence-corrected chi connectivity index (χ3v) is 3.59. The molecular formula is C13H23ClN6. The summed E-state index contributed by atoms with van der Waals surface area (Å²) in [6.07, 6.45) is 3.64. The number of hydrogen-bond acceptors (Lipinski definition) is 6. The molecule has 1 fully saturated rings. The number of halogens is 1. The van der Waals surface area contributed by atoms with Crippen LogP contribution in [0.5, 0.6) is 0 Å². The molecule has 112 valence electrons. The minimum atomic E-state index is 0.238. The Morgan fingerprint density at radius 1 is 1.25 bits per heavy atom. The van der Waals surface area contributed by atoms with Gasteiger partial charge in [-0.1, -0.05) is 6.92 Å². The van der Waals surface area contributed by atoms with Crippen molar-refractivity contribution in [1.29, 1.82) is 0 Å². The lowest BCUT2D eigenvalue weighted by Crippen LogP contribution is -2.32. The van der Waals surface area contributed by atoms with Gasteiger partial charge in [-0.15, -0.1) is 0 Å². The average molecular weight is 299 g/mol. The van der Waals surface area contributed by atoms with Crippen LogP contribution in [-0.4, -0.2) is 59.6 Å². The topological polar surface area (TPSA) is 57.2 Å². The Morgan fingerprint density at radius 2 is 2.00 bits per heavy atom. The van der Waals surface area contributed by atoms with Crippen molar-refractivity contribution in [3.05, 3.63) is 5.28 Å². The second kappa shape index (κ2) is 7.59. The van der Waals surface area contributed by atoms with Gasteiger partial charge in [0.25, 0.3) is 0 Å². The lowest BCUT2D eigenvalue weighted by Gasteiger charge is -2.21. The van der Waals surface area contributed by atoms with Crippen LogP contribution in [0.3, 0.4) is 0 Å². The maximum absolute atomic E-state index is 5.96. The molecule has 1 aromatic rings. The molecule has 1 aliphatic rings. The van der Waals surface area contributed by atoms with Crippen LogP contribution in [0.15, 0.2) is 0 Å². The molecule has 0 aromatic carbocycles. The minimum Gasteiger partial charge on any atom is -0.354 e. The summed E-state index contributed by atoms with van der Waals surface area (Å²) in [5, 5.41) is 3.38. The molecule has 0 atom stereocenters. The molecule has 0 aliphatic carbocycles. The first-order valence-corrected chi connectivity index (χ1v) is 7.65. The molecule has 0 unspecified atom stereocenters. The Kier molecular flexibility index (Phi) is 5.79. The SMILES string of the molecule is CCCNc1nc(Cl)nc(N(C)CCN2CCCC2)n1. The lowest BCUT2D eigenvalue weighted by molar-refractivity contribution is 0.346. The smallest absolute Gasteiger partial charge is 0.231 e. The van der Waals surface area contributed by atoms with E-state index >= 15 is 0 Å². The van der Waals surface area contributed by atoms with Crippen molar-refractivity contribution in [3.63, 3.8) is 0 Å². The zero-order valence-electron chi connectivity index (χ0n) is 12.3. The van der Waals surface area contributed by atoms with Gasteiger partial charge in [0.05, 0.1) is 0 Å². The van der Waals surface area contributed by atoms with Gasteiger partial charge in [0, 0.05) is 26.7 Å². The fourth-order valence-corrected chi connectivity index (χ4v) is 2.38. The predicted molar refractivity (Wildman–Crippen MR) is 82.6 cm³/mol. The number of nitrogens with zero attached hydrogens (tertiary/aromatic N) is 5. The first-order chi connectivity index (χ1) is 9.69. The van der Waals surface area contributed by atoms with Crippen LogP contribution >= 0.6 is 11.6 Å². The standard InChI is InChI=1S/C13H23ClN6/c1-3-6-15-12-16-11(14)17-13(18-12)19(2)9-10-20-7-4-5-8-20/h3-10H2,1-2H3,(H,15,16,17,18). The van der Waals surface area contributed by atoms with Crippen molar-refractivity contribution >= 4 is 23.5 Å². The molecule has 20 heavy (non-hydrogen) atoms. The molecule has 0 amide bonds. The highest BCUT2D eigenvalue weighted by atomic mass is 35.5. The average Bonchev–Trinajstić information content (AvgIpc) is 2.95. The fourth-order valence-electron chi connectivity index (χ4n) is 2.22. The largest absolute Gasteiger partial charge is 0.354 e. The van der Waals surface area contributed by atoms with Gasteiger partial charge in [0.2, 0.25) is 17.2 Å². The highest BCUT2D eigenvalue weighted by Gasteiger charge is 2.14. The van der Waals surface area contributed by atoms with Crippen molar-refractivity contribution in [2.45, 2.75) is 26.2 Å². The number of aromatic nitrogens is 3. The monoisotopic (exact) mass is 298 g/mol. The molecule has 6 nitrogen and oxygen atoms in total. The van der Waals surface area contributed by atoms with Crippen molar-refractivity contribution in [3.8, 4) is 0 Å². The summed E-state index contributed by atoms with van der Waals surface area (Å²) >= 11 is 5.96. The minimum absolute atomic E-state index is 0.238. The number of likely N-dealkylation sites (N-methyl/N-ethyl adjacent to an activating group) is 1. The third-order valence-electron chi connectivity index (χ3n) is 3.42. The van der Waals surface area contributed by atoms with Gasteiger partial charge < -0.3 is 15.1 Å². The van der Waals surface area contributed by atoms with E-state index in [1.165, 1.54) is 25.9 Å². The van der Waals surface area contributed by atoms with Crippen molar-refractivity contribution in [1.82, 2.24) is 19.9 Å². The Balaban J connectivity index is 1.93. The van der Waals surface area contributed by atoms with Crippen LogP contribution in [0, 0.1) is 0 Å². The summed E-state index contributed by atoms with van der Waals surface area (Å²) in [6.45, 7) is 7.27. The fraction of sp³-hybridized carbons (Fsp3) is 0.769. The van der Waals surface area contributed by atoms with Crippen molar-refractivity contribution < 1.29 is 0 Å². The van der Waals surface area contributed by atoms with Gasteiger partial charge in [-0.25, -0.2) is 0 Å². The van der Waals surface area contributed by atoms with Crippen LogP contribution in [0.4, 0.5) is 11.9 Å². The van der Waals surface area contributed by atoms with E-state index in [0.717, 1.165) is 26.1 Å². The maximum Gasteiger partial charge on any atom is 0.231 e. The second-order valence-corrected chi connectivity index (χ2v) is 5.46. The Morgan fingerprint density at radius 3 is 2.70 bits per heavy atom. The molecule has 1 N–H and O–H groups in total. The number of nitrogens with one attached hydrogen (secondary N) is 1. The normalized spacial score (nSPS) is 15.6. The summed E-state index contributed by atoms with van der Waals surface area (Å²) < 4.78 is 0. The Hall–Kier alpha value is -1.14. The van der Waals surface area contributed by atoms with E-state index in [9.17, 15) is 0 Å². The van der Waals surface area contributed by atoms with E-state index in [1.54, 1.807) is 0 Å². The summed E-state index contributed by atoms with van der Waals surface area (Å²) in [5.74, 6) is 1.18. The second-order valence-electron chi connectivity index (χ2n) is 5.13. The zero-order chi connectivity index (χ0) is 14.4. The molecule has 2 rings (SSSR count). The summed E-state index contributed by atoms with van der Waals surface area (Å²) in [6, 6.07) is 0. The van der Waals surface area contributed by atoms with Gasteiger partial charge in [-0.2, -0.15) is 15.0 Å². The summed E-state index contributed by atoms with van der Waals surface area (Å²) in [5.41, 5.74) is 0. The highest BCUT2D eigenvalue weighted by Crippen LogP contribution is 2.13. The molecular weight excluding hydrogens is 276 g/mol. The Labute approximate surface area is 125 Å². The van der Waals surface area contributed by atoms with E-state index in [2.05, 4.69) is 32.1 Å². The number of rotatable bonds is 7. The summed E-state index contributed by atoms with van der Waals surface area (Å²) in [4.78, 5) is 17.2. The highest BCUT2D eigenvalue weighted by molar-refractivity contribution is 6.28. The van der Waals surface area contributed by atoms with Crippen molar-refractivity contribution in [2.75, 3.05) is 50.0 Å². The van der Waals surface area contributed by atoms with Crippen LogP contribution in [0.25, 0.3) is 0 Å². The van der Waals surface area contributed by atoms with Gasteiger partial charge in [-0.05, 0) is 44.0 Å². The zero-order valence-corrected chi connectivity index (χ0v) is 13.0. The van der Waals surface area contributed by atoms with E-state index in [1.807, 2.05) is 11.9 Å². The number of anilines is 2. The molecule has 0 radical (unpaired) electrons.